The van der Waals surface area contributed by atoms with Gasteiger partial charge in [0, 0.05) is 51.0 Å². The van der Waals surface area contributed by atoms with Gasteiger partial charge in [0.2, 0.25) is 11.6 Å². The summed E-state index contributed by atoms with van der Waals surface area (Å²) in [7, 11) is 0. The van der Waals surface area contributed by atoms with Gasteiger partial charge in [0.25, 0.3) is 0 Å². The van der Waals surface area contributed by atoms with Crippen LogP contribution < -0.4 is 4.90 Å². The largest absolute Gasteiger partial charge is 0.350 e. The molecule has 1 aliphatic heterocycles. The quantitative estimate of drug-likeness (QED) is 0.701. The first-order valence-electron chi connectivity index (χ1n) is 8.30. The normalized spacial score (nSPS) is 14.9. The van der Waals surface area contributed by atoms with Gasteiger partial charge in [-0.15, -0.1) is 10.2 Å². The van der Waals surface area contributed by atoms with Gasteiger partial charge in [-0.05, 0) is 18.6 Å². The number of hydrogen-bond donors (Lipinski definition) is 0. The van der Waals surface area contributed by atoms with Gasteiger partial charge in [0.15, 0.2) is 5.82 Å². The SMILES string of the molecule is Cc1nnc2c(N3CCN(C(=O)Cc4cccnc4)CC3)nccn12. The van der Waals surface area contributed by atoms with Crippen LogP contribution in [0.15, 0.2) is 36.9 Å². The Hall–Kier alpha value is -3.03. The summed E-state index contributed by atoms with van der Waals surface area (Å²) in [5, 5.41) is 8.34. The highest BCUT2D eigenvalue weighted by molar-refractivity contribution is 5.79. The average Bonchev–Trinajstić information content (AvgIpc) is 3.04. The zero-order valence-corrected chi connectivity index (χ0v) is 14.0. The fourth-order valence-corrected chi connectivity index (χ4v) is 3.11. The average molecular weight is 337 g/mol. The molecule has 25 heavy (non-hydrogen) atoms. The van der Waals surface area contributed by atoms with Crippen LogP contribution in [0.5, 0.6) is 0 Å². The van der Waals surface area contributed by atoms with Crippen LogP contribution in [0.4, 0.5) is 5.82 Å². The Balaban J connectivity index is 1.43. The van der Waals surface area contributed by atoms with Crippen LogP contribution in [0, 0.1) is 6.92 Å². The van der Waals surface area contributed by atoms with E-state index in [1.165, 1.54) is 0 Å². The minimum Gasteiger partial charge on any atom is -0.350 e. The maximum Gasteiger partial charge on any atom is 0.227 e. The Labute approximate surface area is 145 Å². The zero-order chi connectivity index (χ0) is 17.2. The summed E-state index contributed by atoms with van der Waals surface area (Å²) in [4.78, 5) is 25.1. The maximum absolute atomic E-state index is 12.5. The number of piperazine rings is 1. The predicted molar refractivity (Wildman–Crippen MR) is 92.3 cm³/mol. The maximum atomic E-state index is 12.5. The second-order valence-corrected chi connectivity index (χ2v) is 6.10. The van der Waals surface area contributed by atoms with Gasteiger partial charge >= 0.3 is 0 Å². The van der Waals surface area contributed by atoms with E-state index >= 15 is 0 Å². The van der Waals surface area contributed by atoms with Crippen molar-refractivity contribution in [2.45, 2.75) is 13.3 Å². The number of fused-ring (bicyclic) bond motifs is 1. The molecule has 3 aromatic rings. The first-order valence-corrected chi connectivity index (χ1v) is 8.30. The summed E-state index contributed by atoms with van der Waals surface area (Å²) >= 11 is 0. The molecule has 1 fully saturated rings. The molecular weight excluding hydrogens is 318 g/mol. The molecule has 8 nitrogen and oxygen atoms in total. The summed E-state index contributed by atoms with van der Waals surface area (Å²) in [6, 6.07) is 3.78. The fraction of sp³-hybridized carbons (Fsp3) is 0.353. The van der Waals surface area contributed by atoms with E-state index in [0.717, 1.165) is 35.9 Å². The molecule has 0 bridgehead atoms. The Morgan fingerprint density at radius 2 is 2.00 bits per heavy atom. The van der Waals surface area contributed by atoms with Crippen LogP contribution in [0.2, 0.25) is 0 Å². The zero-order valence-electron chi connectivity index (χ0n) is 14.0. The Kier molecular flexibility index (Phi) is 4.01. The molecule has 128 valence electrons. The molecule has 0 aromatic carbocycles. The molecule has 0 N–H and O–H groups in total. The predicted octanol–water partition coefficient (Wildman–Crippen LogP) is 0.719. The number of nitrogens with zero attached hydrogens (tertiary/aromatic N) is 7. The Bertz CT molecular complexity index is 884. The molecule has 0 saturated carbocycles. The third-order valence-corrected chi connectivity index (χ3v) is 4.49. The summed E-state index contributed by atoms with van der Waals surface area (Å²) < 4.78 is 1.93. The monoisotopic (exact) mass is 337 g/mol. The van der Waals surface area contributed by atoms with Crippen LogP contribution in [0.3, 0.4) is 0 Å². The number of aryl methyl sites for hydroxylation is 1. The van der Waals surface area contributed by atoms with E-state index in [2.05, 4.69) is 25.1 Å². The standard InChI is InChI=1S/C17H19N7O/c1-13-20-21-17-16(19-5-6-24(13)17)23-9-7-22(8-10-23)15(25)11-14-3-2-4-18-12-14/h2-6,12H,7-11H2,1H3. The van der Waals surface area contributed by atoms with Crippen LogP contribution >= 0.6 is 0 Å². The number of carbonyl (C=O) groups is 1. The molecule has 1 saturated heterocycles. The molecule has 1 amide bonds. The summed E-state index contributed by atoms with van der Waals surface area (Å²) in [6.45, 7) is 4.73. The second-order valence-electron chi connectivity index (χ2n) is 6.10. The Morgan fingerprint density at radius 1 is 1.16 bits per heavy atom. The van der Waals surface area contributed by atoms with Gasteiger partial charge < -0.3 is 9.80 Å². The van der Waals surface area contributed by atoms with Gasteiger partial charge in [-0.25, -0.2) is 4.98 Å². The number of rotatable bonds is 3. The first-order chi connectivity index (χ1) is 12.2. The second kappa shape index (κ2) is 6.46. The third kappa shape index (κ3) is 3.02. The van der Waals surface area contributed by atoms with E-state index in [1.54, 1.807) is 18.6 Å². The van der Waals surface area contributed by atoms with Gasteiger partial charge in [0.05, 0.1) is 6.42 Å². The lowest BCUT2D eigenvalue weighted by Gasteiger charge is -2.35. The van der Waals surface area contributed by atoms with E-state index in [4.69, 9.17) is 0 Å². The number of amides is 1. The molecule has 4 heterocycles. The summed E-state index contributed by atoms with van der Waals surface area (Å²) in [6.07, 6.45) is 7.48. The van der Waals surface area contributed by atoms with Crippen molar-refractivity contribution in [1.29, 1.82) is 0 Å². The van der Waals surface area contributed by atoms with Gasteiger partial charge in [-0.3, -0.25) is 14.2 Å². The van der Waals surface area contributed by atoms with E-state index in [9.17, 15) is 4.79 Å². The molecule has 1 aliphatic rings. The van der Waals surface area contributed by atoms with Crippen LogP contribution in [0.1, 0.15) is 11.4 Å². The molecular formula is C17H19N7O. The van der Waals surface area contributed by atoms with Crippen molar-refractivity contribution in [3.8, 4) is 0 Å². The molecule has 0 radical (unpaired) electrons. The van der Waals surface area contributed by atoms with Crippen molar-refractivity contribution in [2.24, 2.45) is 0 Å². The van der Waals surface area contributed by atoms with E-state index in [0.29, 0.717) is 19.5 Å². The lowest BCUT2D eigenvalue weighted by atomic mass is 10.2. The van der Waals surface area contributed by atoms with Crippen LogP contribution in [-0.4, -0.2) is 61.6 Å². The lowest BCUT2D eigenvalue weighted by molar-refractivity contribution is -0.130. The van der Waals surface area contributed by atoms with Gasteiger partial charge in [0.1, 0.15) is 5.82 Å². The van der Waals surface area contributed by atoms with Crippen LogP contribution in [0.25, 0.3) is 5.65 Å². The Morgan fingerprint density at radius 3 is 2.76 bits per heavy atom. The van der Waals surface area contributed by atoms with Crippen molar-refractivity contribution in [1.82, 2.24) is 29.5 Å². The molecule has 8 heteroatoms. The van der Waals surface area contributed by atoms with Gasteiger partial charge in [-0.1, -0.05) is 6.07 Å². The number of aromatic nitrogens is 5. The number of carbonyl (C=O) groups excluding carboxylic acids is 1. The van der Waals surface area contributed by atoms with Crippen molar-refractivity contribution in [2.75, 3.05) is 31.1 Å². The molecule has 4 rings (SSSR count). The third-order valence-electron chi connectivity index (χ3n) is 4.49. The van der Waals surface area contributed by atoms with Crippen molar-refractivity contribution in [3.63, 3.8) is 0 Å². The highest BCUT2D eigenvalue weighted by Crippen LogP contribution is 2.19. The highest BCUT2D eigenvalue weighted by atomic mass is 16.2. The molecule has 0 aliphatic carbocycles. The molecule has 0 unspecified atom stereocenters. The van der Waals surface area contributed by atoms with Gasteiger partial charge in [-0.2, -0.15) is 0 Å². The number of anilines is 1. The minimum absolute atomic E-state index is 0.136. The van der Waals surface area contributed by atoms with E-state index < -0.39 is 0 Å². The molecule has 0 atom stereocenters. The first kappa shape index (κ1) is 15.5. The van der Waals surface area contributed by atoms with Crippen LogP contribution in [-0.2, 0) is 11.2 Å². The summed E-state index contributed by atoms with van der Waals surface area (Å²) in [5.41, 5.74) is 1.70. The lowest BCUT2D eigenvalue weighted by Crippen LogP contribution is -2.49. The smallest absolute Gasteiger partial charge is 0.227 e. The fourth-order valence-electron chi connectivity index (χ4n) is 3.11. The van der Waals surface area contributed by atoms with Crippen molar-refractivity contribution in [3.05, 3.63) is 48.3 Å². The van der Waals surface area contributed by atoms with Crippen molar-refractivity contribution < 1.29 is 4.79 Å². The van der Waals surface area contributed by atoms with Crippen molar-refractivity contribution >= 4 is 17.4 Å². The van der Waals surface area contributed by atoms with E-state index in [-0.39, 0.29) is 5.91 Å². The number of pyridine rings is 1. The van der Waals surface area contributed by atoms with E-state index in [1.807, 2.05) is 34.6 Å². The topological polar surface area (TPSA) is 79.5 Å². The minimum atomic E-state index is 0.136. The molecule has 3 aromatic heterocycles. The molecule has 0 spiro atoms. The summed E-state index contributed by atoms with van der Waals surface area (Å²) in [5.74, 6) is 1.79. The highest BCUT2D eigenvalue weighted by Gasteiger charge is 2.24. The number of hydrogen-bond acceptors (Lipinski definition) is 6.